The monoisotopic (exact) mass is 253 g/mol. The molecule has 2 aliphatic rings. The van der Waals surface area contributed by atoms with E-state index in [1.165, 1.54) is 48.3 Å². The maximum Gasteiger partial charge on any atom is 0.0954 e. The lowest BCUT2D eigenvalue weighted by molar-refractivity contribution is 0.483. The maximum absolute atomic E-state index is 4.62. The molecule has 2 aromatic rings. The SMILES string of the molecule is c1ccc2c(c1)CC(n1cnc3c1CCCC3)CN2. The number of anilines is 1. The van der Waals surface area contributed by atoms with Gasteiger partial charge < -0.3 is 9.88 Å². The minimum absolute atomic E-state index is 0.518. The molecule has 0 fully saturated rings. The van der Waals surface area contributed by atoms with Gasteiger partial charge in [-0.25, -0.2) is 4.98 Å². The molecule has 98 valence electrons. The number of fused-ring (bicyclic) bond motifs is 2. The van der Waals surface area contributed by atoms with Crippen LogP contribution in [0, 0.1) is 0 Å². The van der Waals surface area contributed by atoms with Crippen LogP contribution in [0.4, 0.5) is 5.69 Å². The first-order valence-corrected chi connectivity index (χ1v) is 7.28. The van der Waals surface area contributed by atoms with Gasteiger partial charge in [0.25, 0.3) is 0 Å². The molecular weight excluding hydrogens is 234 g/mol. The fourth-order valence-electron chi connectivity index (χ4n) is 3.43. The van der Waals surface area contributed by atoms with Crippen molar-refractivity contribution in [2.75, 3.05) is 11.9 Å². The molecule has 0 amide bonds. The van der Waals surface area contributed by atoms with Crippen LogP contribution in [0.2, 0.25) is 0 Å². The highest BCUT2D eigenvalue weighted by Gasteiger charge is 2.23. The Morgan fingerprint density at radius 2 is 2.05 bits per heavy atom. The van der Waals surface area contributed by atoms with Gasteiger partial charge in [-0.15, -0.1) is 0 Å². The summed E-state index contributed by atoms with van der Waals surface area (Å²) in [7, 11) is 0. The summed E-state index contributed by atoms with van der Waals surface area (Å²) in [6.45, 7) is 1.01. The first kappa shape index (κ1) is 11.1. The molecule has 1 N–H and O–H groups in total. The Morgan fingerprint density at radius 1 is 1.16 bits per heavy atom. The van der Waals surface area contributed by atoms with Crippen molar-refractivity contribution >= 4 is 5.69 Å². The zero-order chi connectivity index (χ0) is 12.7. The van der Waals surface area contributed by atoms with Crippen molar-refractivity contribution in [3.8, 4) is 0 Å². The quantitative estimate of drug-likeness (QED) is 0.846. The Hall–Kier alpha value is -1.77. The van der Waals surface area contributed by atoms with E-state index in [4.69, 9.17) is 0 Å². The van der Waals surface area contributed by atoms with Crippen molar-refractivity contribution in [3.63, 3.8) is 0 Å². The molecule has 1 aromatic carbocycles. The predicted molar refractivity (Wildman–Crippen MR) is 76.5 cm³/mol. The number of aryl methyl sites for hydroxylation is 1. The van der Waals surface area contributed by atoms with Gasteiger partial charge >= 0.3 is 0 Å². The normalized spacial score (nSPS) is 21.4. The van der Waals surface area contributed by atoms with E-state index in [0.29, 0.717) is 6.04 Å². The van der Waals surface area contributed by atoms with Crippen molar-refractivity contribution in [1.29, 1.82) is 0 Å². The molecular formula is C16H19N3. The average Bonchev–Trinajstić information content (AvgIpc) is 2.91. The number of hydrogen-bond donors (Lipinski definition) is 1. The van der Waals surface area contributed by atoms with Gasteiger partial charge in [-0.05, 0) is 43.7 Å². The van der Waals surface area contributed by atoms with Crippen molar-refractivity contribution in [1.82, 2.24) is 9.55 Å². The molecule has 1 aromatic heterocycles. The second kappa shape index (κ2) is 4.41. The molecule has 2 heterocycles. The summed E-state index contributed by atoms with van der Waals surface area (Å²) >= 11 is 0. The number of nitrogens with zero attached hydrogens (tertiary/aromatic N) is 2. The van der Waals surface area contributed by atoms with E-state index in [-0.39, 0.29) is 0 Å². The number of rotatable bonds is 1. The largest absolute Gasteiger partial charge is 0.383 e. The molecule has 3 heteroatoms. The van der Waals surface area contributed by atoms with Crippen molar-refractivity contribution in [3.05, 3.63) is 47.5 Å². The molecule has 0 saturated heterocycles. The molecule has 19 heavy (non-hydrogen) atoms. The van der Waals surface area contributed by atoms with Gasteiger partial charge in [-0.1, -0.05) is 18.2 Å². The van der Waals surface area contributed by atoms with E-state index in [0.717, 1.165) is 13.0 Å². The smallest absolute Gasteiger partial charge is 0.0954 e. The van der Waals surface area contributed by atoms with E-state index >= 15 is 0 Å². The van der Waals surface area contributed by atoms with Gasteiger partial charge in [0.1, 0.15) is 0 Å². The Labute approximate surface area is 113 Å². The maximum atomic E-state index is 4.62. The fraction of sp³-hybridized carbons (Fsp3) is 0.438. The minimum atomic E-state index is 0.518. The van der Waals surface area contributed by atoms with E-state index in [2.05, 4.69) is 45.5 Å². The number of benzene rings is 1. The Morgan fingerprint density at radius 3 is 3.05 bits per heavy atom. The predicted octanol–water partition coefficient (Wildman–Crippen LogP) is 2.97. The first-order chi connectivity index (χ1) is 9.42. The van der Waals surface area contributed by atoms with Crippen LogP contribution in [-0.4, -0.2) is 16.1 Å². The van der Waals surface area contributed by atoms with Crippen molar-refractivity contribution in [2.45, 2.75) is 38.1 Å². The van der Waals surface area contributed by atoms with E-state index in [1.54, 1.807) is 0 Å². The lowest BCUT2D eigenvalue weighted by atomic mass is 9.97. The van der Waals surface area contributed by atoms with Crippen LogP contribution in [0.25, 0.3) is 0 Å². The standard InChI is InChI=1S/C16H19N3/c1-2-6-14-12(5-1)9-13(10-17-14)19-11-18-15-7-3-4-8-16(15)19/h1-2,5-6,11,13,17H,3-4,7-10H2. The highest BCUT2D eigenvalue weighted by atomic mass is 15.1. The first-order valence-electron chi connectivity index (χ1n) is 7.28. The number of nitrogens with one attached hydrogen (secondary N) is 1. The van der Waals surface area contributed by atoms with Gasteiger partial charge in [0.15, 0.2) is 0 Å². The molecule has 1 aliphatic heterocycles. The van der Waals surface area contributed by atoms with E-state index in [1.807, 2.05) is 0 Å². The second-order valence-corrected chi connectivity index (χ2v) is 5.65. The van der Waals surface area contributed by atoms with Gasteiger partial charge in [-0.3, -0.25) is 0 Å². The number of para-hydroxylation sites is 1. The Bertz CT molecular complexity index is 600. The number of aromatic nitrogens is 2. The summed E-state index contributed by atoms with van der Waals surface area (Å²) in [6, 6.07) is 9.16. The van der Waals surface area contributed by atoms with E-state index in [9.17, 15) is 0 Å². The molecule has 4 rings (SSSR count). The summed E-state index contributed by atoms with van der Waals surface area (Å²) < 4.78 is 2.43. The molecule has 0 bridgehead atoms. The topological polar surface area (TPSA) is 29.9 Å². The third-order valence-corrected chi connectivity index (χ3v) is 4.45. The molecule has 1 aliphatic carbocycles. The third kappa shape index (κ3) is 1.84. The van der Waals surface area contributed by atoms with Crippen LogP contribution in [0.5, 0.6) is 0 Å². The fourth-order valence-corrected chi connectivity index (χ4v) is 3.43. The van der Waals surface area contributed by atoms with Crippen LogP contribution >= 0.6 is 0 Å². The zero-order valence-electron chi connectivity index (χ0n) is 11.1. The average molecular weight is 253 g/mol. The summed E-state index contributed by atoms with van der Waals surface area (Å²) in [5.74, 6) is 0. The second-order valence-electron chi connectivity index (χ2n) is 5.65. The van der Waals surface area contributed by atoms with Gasteiger partial charge in [0.05, 0.1) is 18.1 Å². The Kier molecular flexibility index (Phi) is 2.57. The third-order valence-electron chi connectivity index (χ3n) is 4.45. The van der Waals surface area contributed by atoms with Crippen LogP contribution in [-0.2, 0) is 19.3 Å². The summed E-state index contributed by atoms with van der Waals surface area (Å²) in [6.07, 6.45) is 8.17. The van der Waals surface area contributed by atoms with E-state index < -0.39 is 0 Å². The van der Waals surface area contributed by atoms with Crippen LogP contribution in [0.3, 0.4) is 0 Å². The Balaban J connectivity index is 1.66. The van der Waals surface area contributed by atoms with Crippen LogP contribution < -0.4 is 5.32 Å². The van der Waals surface area contributed by atoms with Gasteiger partial charge in [-0.2, -0.15) is 0 Å². The molecule has 1 unspecified atom stereocenters. The van der Waals surface area contributed by atoms with Crippen molar-refractivity contribution < 1.29 is 0 Å². The van der Waals surface area contributed by atoms with Gasteiger partial charge in [0.2, 0.25) is 0 Å². The highest BCUT2D eigenvalue weighted by molar-refractivity contribution is 5.53. The minimum Gasteiger partial charge on any atom is -0.383 e. The molecule has 1 atom stereocenters. The lowest BCUT2D eigenvalue weighted by Gasteiger charge is -2.29. The molecule has 0 saturated carbocycles. The molecule has 3 nitrogen and oxygen atoms in total. The number of hydrogen-bond acceptors (Lipinski definition) is 2. The summed E-state index contributed by atoms with van der Waals surface area (Å²) in [4.78, 5) is 4.62. The van der Waals surface area contributed by atoms with Crippen molar-refractivity contribution in [2.24, 2.45) is 0 Å². The van der Waals surface area contributed by atoms with Crippen LogP contribution in [0.15, 0.2) is 30.6 Å². The summed E-state index contributed by atoms with van der Waals surface area (Å²) in [5.41, 5.74) is 5.55. The molecule has 0 spiro atoms. The van der Waals surface area contributed by atoms with Gasteiger partial charge in [0, 0.05) is 17.9 Å². The number of imidazole rings is 1. The molecule has 0 radical (unpaired) electrons. The highest BCUT2D eigenvalue weighted by Crippen LogP contribution is 2.30. The zero-order valence-corrected chi connectivity index (χ0v) is 11.1. The van der Waals surface area contributed by atoms with Crippen LogP contribution in [0.1, 0.15) is 35.8 Å². The lowest BCUT2D eigenvalue weighted by Crippen LogP contribution is -2.27. The summed E-state index contributed by atoms with van der Waals surface area (Å²) in [5, 5.41) is 3.56.